The fourth-order valence-corrected chi connectivity index (χ4v) is 1.01. The lowest BCUT2D eigenvalue weighted by Crippen LogP contribution is -2.55. The molecule has 0 spiro atoms. The first-order chi connectivity index (χ1) is 9.66. The molecular formula is C6Br2F12O3. The Morgan fingerprint density at radius 3 is 1.17 bits per heavy atom. The molecular weight excluding hydrogens is 508 g/mol. The van der Waals surface area contributed by atoms with Crippen LogP contribution in [0.4, 0.5) is 52.7 Å². The van der Waals surface area contributed by atoms with Gasteiger partial charge in [-0.25, -0.2) is 4.74 Å². The minimum absolute atomic E-state index is 0.771. The standard InChI is InChI=1S/C6Br2F12O3/c7-2(11,12)1(9,10)3(13,14)22-23-5(17,18)4(15,16)21-6(8,19)20. The van der Waals surface area contributed by atoms with E-state index in [1.165, 1.54) is 0 Å². The van der Waals surface area contributed by atoms with Crippen LogP contribution in [0.5, 0.6) is 0 Å². The monoisotopic (exact) mass is 506 g/mol. The lowest BCUT2D eigenvalue weighted by molar-refractivity contribution is -0.595. The van der Waals surface area contributed by atoms with E-state index in [1.54, 1.807) is 0 Å². The van der Waals surface area contributed by atoms with E-state index in [1.807, 2.05) is 9.78 Å². The maximum Gasteiger partial charge on any atom is 0.474 e. The molecule has 0 rings (SSSR count). The molecule has 23 heavy (non-hydrogen) atoms. The topological polar surface area (TPSA) is 27.7 Å². The lowest BCUT2D eigenvalue weighted by atomic mass is 10.3. The van der Waals surface area contributed by atoms with Crippen molar-refractivity contribution < 1.29 is 67.2 Å². The van der Waals surface area contributed by atoms with Crippen molar-refractivity contribution >= 4 is 31.9 Å². The van der Waals surface area contributed by atoms with E-state index in [2.05, 4.69) is 4.74 Å². The summed E-state index contributed by atoms with van der Waals surface area (Å²) < 4.78 is 151. The molecule has 17 heteroatoms. The summed E-state index contributed by atoms with van der Waals surface area (Å²) in [7, 11) is 0. The van der Waals surface area contributed by atoms with Crippen LogP contribution < -0.4 is 0 Å². The molecule has 140 valence electrons. The van der Waals surface area contributed by atoms with E-state index in [4.69, 9.17) is 0 Å². The van der Waals surface area contributed by atoms with Crippen molar-refractivity contribution in [2.24, 2.45) is 0 Å². The number of ether oxygens (including phenoxy) is 1. The molecule has 0 aliphatic heterocycles. The molecule has 0 radical (unpaired) electrons. The molecule has 0 unspecified atom stereocenters. The first-order valence-corrected chi connectivity index (χ1v) is 5.96. The van der Waals surface area contributed by atoms with Gasteiger partial charge in [0.2, 0.25) is 0 Å². The molecule has 0 atom stereocenters. The van der Waals surface area contributed by atoms with Gasteiger partial charge in [0.15, 0.2) is 0 Å². The van der Waals surface area contributed by atoms with Gasteiger partial charge >= 0.3 is 34.1 Å². The molecule has 0 aliphatic carbocycles. The molecule has 0 saturated carbocycles. The first-order valence-electron chi connectivity index (χ1n) is 4.38. The van der Waals surface area contributed by atoms with E-state index in [0.29, 0.717) is 0 Å². The highest BCUT2D eigenvalue weighted by Crippen LogP contribution is 2.51. The van der Waals surface area contributed by atoms with Crippen LogP contribution in [0.15, 0.2) is 0 Å². The first kappa shape index (κ1) is 23.0. The molecule has 0 aromatic carbocycles. The van der Waals surface area contributed by atoms with Gasteiger partial charge in [-0.15, -0.1) is 4.89 Å². The van der Waals surface area contributed by atoms with Gasteiger partial charge in [-0.3, -0.25) is 0 Å². The third kappa shape index (κ3) is 5.50. The molecule has 0 aromatic heterocycles. The summed E-state index contributed by atoms with van der Waals surface area (Å²) in [6.45, 7) is 0. The lowest BCUT2D eigenvalue weighted by Gasteiger charge is -2.30. The second kappa shape index (κ2) is 6.38. The van der Waals surface area contributed by atoms with E-state index in [-0.39, 0.29) is 0 Å². The largest absolute Gasteiger partial charge is 0.474 e. The molecule has 0 saturated heterocycles. The van der Waals surface area contributed by atoms with Gasteiger partial charge in [-0.1, -0.05) is 0 Å². The Bertz CT molecular complexity index is 416. The van der Waals surface area contributed by atoms with Crippen molar-refractivity contribution in [1.29, 1.82) is 0 Å². The minimum Gasteiger partial charge on any atom is -0.239 e. The molecule has 0 bridgehead atoms. The van der Waals surface area contributed by atoms with E-state index >= 15 is 0 Å². The van der Waals surface area contributed by atoms with Gasteiger partial charge in [-0.05, 0) is 15.9 Å². The van der Waals surface area contributed by atoms with Crippen LogP contribution in [0, 0.1) is 0 Å². The summed E-state index contributed by atoms with van der Waals surface area (Å²) in [6.07, 6.45) is -19.5. The van der Waals surface area contributed by atoms with Crippen LogP contribution in [0.2, 0.25) is 0 Å². The zero-order valence-corrected chi connectivity index (χ0v) is 12.7. The summed E-state index contributed by atoms with van der Waals surface area (Å²) in [5.74, 6) is -6.56. The summed E-state index contributed by atoms with van der Waals surface area (Å²) in [4.78, 5) is -1.88. The average molecular weight is 508 g/mol. The molecule has 0 N–H and O–H groups in total. The number of hydrogen-bond donors (Lipinski definition) is 0. The van der Waals surface area contributed by atoms with Crippen LogP contribution in [-0.4, -0.2) is 34.1 Å². The minimum atomic E-state index is -6.59. The smallest absolute Gasteiger partial charge is 0.239 e. The van der Waals surface area contributed by atoms with Gasteiger partial charge in [0, 0.05) is 15.9 Å². The van der Waals surface area contributed by atoms with Crippen molar-refractivity contribution in [3.63, 3.8) is 0 Å². The van der Waals surface area contributed by atoms with Crippen molar-refractivity contribution in [2.45, 2.75) is 34.1 Å². The normalized spacial score (nSPS) is 15.9. The highest BCUT2D eigenvalue weighted by molar-refractivity contribution is 9.10. The number of alkyl halides is 14. The van der Waals surface area contributed by atoms with Crippen LogP contribution in [0.25, 0.3) is 0 Å². The predicted molar refractivity (Wildman–Crippen MR) is 50.8 cm³/mol. The summed E-state index contributed by atoms with van der Waals surface area (Å²) in [6, 6.07) is 0. The Balaban J connectivity index is 5.21. The average Bonchev–Trinajstić information content (AvgIpc) is 2.21. The summed E-state index contributed by atoms with van der Waals surface area (Å²) in [5.41, 5.74) is 0. The van der Waals surface area contributed by atoms with Crippen molar-refractivity contribution in [3.05, 3.63) is 0 Å². The fraction of sp³-hybridized carbons (Fsp3) is 1.00. The second-order valence-electron chi connectivity index (χ2n) is 3.34. The Hall–Kier alpha value is -0.000000000000000111. The van der Waals surface area contributed by atoms with Crippen molar-refractivity contribution in [2.75, 3.05) is 0 Å². The van der Waals surface area contributed by atoms with Crippen molar-refractivity contribution in [1.82, 2.24) is 0 Å². The van der Waals surface area contributed by atoms with Gasteiger partial charge in [0.25, 0.3) is 0 Å². The predicted octanol–water partition coefficient (Wildman–Crippen LogP) is 5.30. The van der Waals surface area contributed by atoms with Crippen LogP contribution in [0.3, 0.4) is 0 Å². The molecule has 3 nitrogen and oxygen atoms in total. The third-order valence-electron chi connectivity index (χ3n) is 1.56. The van der Waals surface area contributed by atoms with Crippen molar-refractivity contribution in [3.8, 4) is 0 Å². The van der Waals surface area contributed by atoms with Gasteiger partial charge in [0.05, 0.1) is 0 Å². The summed E-state index contributed by atoms with van der Waals surface area (Å²) in [5, 5.41) is -5.13. The van der Waals surface area contributed by atoms with Gasteiger partial charge in [-0.2, -0.15) is 57.6 Å². The van der Waals surface area contributed by atoms with E-state index < -0.39 is 34.1 Å². The van der Waals surface area contributed by atoms with Gasteiger partial charge < -0.3 is 0 Å². The molecule has 0 aromatic rings. The highest BCUT2D eigenvalue weighted by atomic mass is 79.9. The number of rotatable bonds is 8. The van der Waals surface area contributed by atoms with E-state index in [9.17, 15) is 52.7 Å². The van der Waals surface area contributed by atoms with Crippen LogP contribution in [0.1, 0.15) is 0 Å². The number of halogens is 14. The highest BCUT2D eigenvalue weighted by Gasteiger charge is 2.75. The molecule has 0 fully saturated rings. The Morgan fingerprint density at radius 2 is 0.870 bits per heavy atom. The zero-order valence-electron chi connectivity index (χ0n) is 9.52. The SMILES string of the molecule is FC(F)(Br)OC(F)(F)C(F)(F)OOC(F)(F)C(F)(F)C(F)(F)Br. The quantitative estimate of drug-likeness (QED) is 0.193. The summed E-state index contributed by atoms with van der Waals surface area (Å²) >= 11 is 1.79. The van der Waals surface area contributed by atoms with E-state index in [0.717, 1.165) is 31.9 Å². The second-order valence-corrected chi connectivity index (χ2v) is 5.26. The van der Waals surface area contributed by atoms with Crippen LogP contribution >= 0.6 is 31.9 Å². The Morgan fingerprint density at radius 1 is 0.522 bits per heavy atom. The van der Waals surface area contributed by atoms with Gasteiger partial charge in [0.1, 0.15) is 0 Å². The zero-order chi connectivity index (χ0) is 19.1. The third-order valence-corrected chi connectivity index (χ3v) is 2.22. The fourth-order valence-electron chi connectivity index (χ4n) is 0.575. The maximum atomic E-state index is 12.6. The Labute approximate surface area is 134 Å². The molecule has 0 aliphatic rings. The van der Waals surface area contributed by atoms with Crippen LogP contribution in [-0.2, 0) is 14.5 Å². The molecule has 0 heterocycles. The maximum absolute atomic E-state index is 12.6. The Kier molecular flexibility index (Phi) is 6.38. The number of hydrogen-bond acceptors (Lipinski definition) is 3. The molecule has 0 amide bonds.